The lowest BCUT2D eigenvalue weighted by atomic mass is 9.86. The van der Waals surface area contributed by atoms with Crippen molar-refractivity contribution in [3.8, 4) is 0 Å². The van der Waals surface area contributed by atoms with E-state index in [2.05, 4.69) is 26.1 Å². The van der Waals surface area contributed by atoms with Crippen LogP contribution in [0.15, 0.2) is 56.3 Å². The van der Waals surface area contributed by atoms with Crippen LogP contribution in [0.4, 0.5) is 5.69 Å². The molecule has 0 aliphatic carbocycles. The van der Waals surface area contributed by atoms with Gasteiger partial charge in [0.05, 0.1) is 29.5 Å². The molecule has 2 heterocycles. The zero-order valence-electron chi connectivity index (χ0n) is 18.4. The molecule has 4 rings (SSSR count). The molecule has 0 spiro atoms. The Morgan fingerprint density at radius 3 is 2.47 bits per heavy atom. The van der Waals surface area contributed by atoms with E-state index in [1.807, 2.05) is 6.07 Å². The maximum Gasteiger partial charge on any atom is 0.340 e. The summed E-state index contributed by atoms with van der Waals surface area (Å²) < 4.78 is 11.2. The van der Waals surface area contributed by atoms with Gasteiger partial charge >= 0.3 is 5.63 Å². The molecule has 4 aromatic rings. The number of carbonyl (C=O) groups excluding carboxylic acids is 2. The SMILES string of the molecule is Cc1c(CC(=O)Nc2ccccc2C(N)=O)c(=O)oc2cc3occ(C(C)(C)C)c3cc12. The van der Waals surface area contributed by atoms with E-state index in [1.54, 1.807) is 37.5 Å². The van der Waals surface area contributed by atoms with Crippen LogP contribution >= 0.6 is 0 Å². The highest BCUT2D eigenvalue weighted by Gasteiger charge is 2.22. The largest absolute Gasteiger partial charge is 0.464 e. The Morgan fingerprint density at radius 1 is 1.06 bits per heavy atom. The first-order valence-electron chi connectivity index (χ1n) is 10.2. The Bertz CT molecular complexity index is 1440. The average Bonchev–Trinajstić information content (AvgIpc) is 3.13. The molecule has 2 aromatic carbocycles. The maximum absolute atomic E-state index is 12.7. The highest BCUT2D eigenvalue weighted by Crippen LogP contribution is 2.35. The maximum atomic E-state index is 12.7. The second kappa shape index (κ2) is 7.67. The van der Waals surface area contributed by atoms with Crippen LogP contribution < -0.4 is 16.7 Å². The summed E-state index contributed by atoms with van der Waals surface area (Å²) in [5, 5.41) is 4.34. The molecular formula is C25H24N2O5. The number of rotatable bonds is 4. The molecule has 7 nitrogen and oxygen atoms in total. The van der Waals surface area contributed by atoms with Crippen LogP contribution in [0, 0.1) is 6.92 Å². The second-order valence-corrected chi connectivity index (χ2v) is 8.87. The molecule has 0 bridgehead atoms. The third-order valence-electron chi connectivity index (χ3n) is 5.59. The van der Waals surface area contributed by atoms with E-state index in [1.165, 1.54) is 6.07 Å². The third kappa shape index (κ3) is 3.77. The molecule has 164 valence electrons. The van der Waals surface area contributed by atoms with Crippen LogP contribution in [-0.2, 0) is 16.6 Å². The molecular weight excluding hydrogens is 408 g/mol. The minimum Gasteiger partial charge on any atom is -0.464 e. The molecule has 0 fully saturated rings. The lowest BCUT2D eigenvalue weighted by molar-refractivity contribution is -0.115. The van der Waals surface area contributed by atoms with Crippen molar-refractivity contribution in [3.05, 3.63) is 75.3 Å². The average molecular weight is 432 g/mol. The summed E-state index contributed by atoms with van der Waals surface area (Å²) in [7, 11) is 0. The molecule has 0 atom stereocenters. The minimum absolute atomic E-state index is 0.126. The van der Waals surface area contributed by atoms with Gasteiger partial charge < -0.3 is 19.9 Å². The summed E-state index contributed by atoms with van der Waals surface area (Å²) >= 11 is 0. The number of aryl methyl sites for hydroxylation is 1. The number of fused-ring (bicyclic) bond motifs is 2. The number of benzene rings is 2. The molecule has 32 heavy (non-hydrogen) atoms. The van der Waals surface area contributed by atoms with Crippen molar-refractivity contribution in [2.24, 2.45) is 5.73 Å². The number of anilines is 1. The Balaban J connectivity index is 1.74. The monoisotopic (exact) mass is 432 g/mol. The van der Waals surface area contributed by atoms with E-state index in [0.717, 1.165) is 16.3 Å². The van der Waals surface area contributed by atoms with Crippen LogP contribution in [-0.4, -0.2) is 11.8 Å². The van der Waals surface area contributed by atoms with Gasteiger partial charge in [0.2, 0.25) is 5.91 Å². The number of amides is 2. The molecule has 7 heteroatoms. The lowest BCUT2D eigenvalue weighted by Gasteiger charge is -2.16. The highest BCUT2D eigenvalue weighted by atomic mass is 16.4. The van der Waals surface area contributed by atoms with Gasteiger partial charge in [-0.2, -0.15) is 0 Å². The van der Waals surface area contributed by atoms with Crippen molar-refractivity contribution in [3.63, 3.8) is 0 Å². The van der Waals surface area contributed by atoms with E-state index in [9.17, 15) is 14.4 Å². The van der Waals surface area contributed by atoms with Crippen LogP contribution in [0.2, 0.25) is 0 Å². The molecule has 2 aromatic heterocycles. The Morgan fingerprint density at radius 2 is 1.78 bits per heavy atom. The number of para-hydroxylation sites is 1. The number of nitrogens with one attached hydrogen (secondary N) is 1. The van der Waals surface area contributed by atoms with E-state index in [0.29, 0.717) is 22.4 Å². The third-order valence-corrected chi connectivity index (χ3v) is 5.59. The first kappa shape index (κ1) is 21.4. The van der Waals surface area contributed by atoms with Crippen molar-refractivity contribution in [2.45, 2.75) is 39.5 Å². The fourth-order valence-corrected chi connectivity index (χ4v) is 3.86. The van der Waals surface area contributed by atoms with Crippen molar-refractivity contribution in [1.82, 2.24) is 0 Å². The minimum atomic E-state index is -0.652. The van der Waals surface area contributed by atoms with Crippen molar-refractivity contribution in [2.75, 3.05) is 5.32 Å². The Hall–Kier alpha value is -3.87. The van der Waals surface area contributed by atoms with Gasteiger partial charge in [-0.25, -0.2) is 4.79 Å². The molecule has 2 amide bonds. The van der Waals surface area contributed by atoms with Crippen molar-refractivity contribution in [1.29, 1.82) is 0 Å². The first-order valence-corrected chi connectivity index (χ1v) is 10.2. The van der Waals surface area contributed by atoms with Gasteiger partial charge in [-0.1, -0.05) is 32.9 Å². The quantitative estimate of drug-likeness (QED) is 0.463. The van der Waals surface area contributed by atoms with E-state index in [4.69, 9.17) is 14.6 Å². The van der Waals surface area contributed by atoms with Gasteiger partial charge in [0.15, 0.2) is 0 Å². The molecule has 0 aliphatic heterocycles. The van der Waals surface area contributed by atoms with Crippen molar-refractivity contribution >= 4 is 39.4 Å². The van der Waals surface area contributed by atoms with Crippen LogP contribution in [0.1, 0.15) is 47.8 Å². The Labute approximate surface area is 184 Å². The highest BCUT2D eigenvalue weighted by molar-refractivity contribution is 6.03. The first-order chi connectivity index (χ1) is 15.1. The van der Waals surface area contributed by atoms with Crippen LogP contribution in [0.3, 0.4) is 0 Å². The number of hydrogen-bond donors (Lipinski definition) is 2. The van der Waals surface area contributed by atoms with Gasteiger partial charge in [-0.3, -0.25) is 9.59 Å². The normalized spacial score (nSPS) is 11.8. The summed E-state index contributed by atoms with van der Waals surface area (Å²) in [5.74, 6) is -1.10. The molecule has 0 unspecified atom stereocenters. The zero-order chi connectivity index (χ0) is 23.2. The van der Waals surface area contributed by atoms with Crippen molar-refractivity contribution < 1.29 is 18.4 Å². The molecule has 0 radical (unpaired) electrons. The Kier molecular flexibility index (Phi) is 5.12. The fourth-order valence-electron chi connectivity index (χ4n) is 3.86. The summed E-state index contributed by atoms with van der Waals surface area (Å²) in [6.45, 7) is 8.08. The van der Waals surface area contributed by atoms with Gasteiger partial charge in [0.25, 0.3) is 5.91 Å². The number of nitrogens with two attached hydrogens (primary N) is 1. The van der Waals surface area contributed by atoms with Gasteiger partial charge in [-0.15, -0.1) is 0 Å². The summed E-state index contributed by atoms with van der Waals surface area (Å²) in [6, 6.07) is 10.1. The van der Waals surface area contributed by atoms with Gasteiger partial charge in [0, 0.05) is 22.4 Å². The smallest absolute Gasteiger partial charge is 0.340 e. The zero-order valence-corrected chi connectivity index (χ0v) is 18.4. The van der Waals surface area contributed by atoms with E-state index in [-0.39, 0.29) is 23.0 Å². The molecule has 0 saturated carbocycles. The van der Waals surface area contributed by atoms with E-state index >= 15 is 0 Å². The number of hydrogen-bond acceptors (Lipinski definition) is 5. The van der Waals surface area contributed by atoms with E-state index < -0.39 is 17.4 Å². The summed E-state index contributed by atoms with van der Waals surface area (Å²) in [4.78, 5) is 37.0. The standard InChI is InChI=1S/C25H24N2O5/c1-13-15-9-17-18(25(2,3)4)12-31-20(17)11-21(15)32-24(30)16(13)10-22(28)27-19-8-6-5-7-14(19)23(26)29/h5-9,11-12H,10H2,1-4H3,(H2,26,29)(H,27,28). The lowest BCUT2D eigenvalue weighted by Crippen LogP contribution is -2.22. The fraction of sp³-hybridized carbons (Fsp3) is 0.240. The second-order valence-electron chi connectivity index (χ2n) is 8.87. The number of carbonyl (C=O) groups is 2. The molecule has 0 saturated heterocycles. The predicted octanol–water partition coefficient (Wildman–Crippen LogP) is 4.43. The molecule has 3 N–H and O–H groups in total. The summed E-state index contributed by atoms with van der Waals surface area (Å²) in [5.41, 5.74) is 8.15. The van der Waals surface area contributed by atoms with Crippen LogP contribution in [0.25, 0.3) is 21.9 Å². The number of primary amides is 1. The van der Waals surface area contributed by atoms with Gasteiger partial charge in [-0.05, 0) is 36.1 Å². The summed E-state index contributed by atoms with van der Waals surface area (Å²) in [6.07, 6.45) is 1.52. The van der Waals surface area contributed by atoms with Crippen LogP contribution in [0.5, 0.6) is 0 Å². The molecule has 0 aliphatic rings. The predicted molar refractivity (Wildman–Crippen MR) is 123 cm³/mol. The number of furan rings is 1. The van der Waals surface area contributed by atoms with Gasteiger partial charge in [0.1, 0.15) is 11.2 Å². The topological polar surface area (TPSA) is 116 Å².